The van der Waals surface area contributed by atoms with Crippen LogP contribution in [0.5, 0.6) is 0 Å². The molecule has 1 aromatic rings. The van der Waals surface area contributed by atoms with E-state index in [1.807, 2.05) is 39.8 Å². The topological polar surface area (TPSA) is 44.8 Å². The van der Waals surface area contributed by atoms with E-state index < -0.39 is 11.7 Å². The lowest BCUT2D eigenvalue weighted by molar-refractivity contribution is 0.0508. The lowest BCUT2D eigenvalue weighted by atomic mass is 10.0. The molecule has 150 valence electrons. The summed E-state index contributed by atoms with van der Waals surface area (Å²) in [6.07, 6.45) is 2.05. The van der Waals surface area contributed by atoms with E-state index in [0.717, 1.165) is 30.8 Å². The van der Waals surface area contributed by atoms with Crippen molar-refractivity contribution in [1.29, 1.82) is 0 Å². The maximum absolute atomic E-state index is 14.7. The molecular formula is C21H32FN3O2. The molecule has 3 rings (SSSR count). The van der Waals surface area contributed by atoms with Crippen LogP contribution in [0.2, 0.25) is 0 Å². The number of amides is 1. The number of benzene rings is 1. The van der Waals surface area contributed by atoms with E-state index in [2.05, 4.69) is 15.1 Å². The van der Waals surface area contributed by atoms with Crippen LogP contribution in [0.3, 0.4) is 0 Å². The van der Waals surface area contributed by atoms with Crippen molar-refractivity contribution < 1.29 is 13.9 Å². The van der Waals surface area contributed by atoms with Crippen LogP contribution < -0.4 is 5.32 Å². The zero-order valence-corrected chi connectivity index (χ0v) is 16.9. The Labute approximate surface area is 161 Å². The molecule has 27 heavy (non-hydrogen) atoms. The van der Waals surface area contributed by atoms with E-state index in [4.69, 9.17) is 4.74 Å². The number of hydrogen-bond donors (Lipinski definition) is 1. The smallest absolute Gasteiger partial charge is 0.408 e. The van der Waals surface area contributed by atoms with Gasteiger partial charge in [0, 0.05) is 37.8 Å². The number of rotatable bonds is 4. The fourth-order valence-electron chi connectivity index (χ4n) is 3.97. The quantitative estimate of drug-likeness (QED) is 0.869. The maximum Gasteiger partial charge on any atom is 0.408 e. The van der Waals surface area contributed by atoms with E-state index in [-0.39, 0.29) is 11.9 Å². The Morgan fingerprint density at radius 2 is 2.11 bits per heavy atom. The SMILES string of the molecule is C[C@H](NC(=O)OC(C)(C)C)c1ccc(CN2CCN3CCC[C@H]3C2)c(F)c1. The van der Waals surface area contributed by atoms with Crippen LogP contribution in [0.1, 0.15) is 57.7 Å². The predicted molar refractivity (Wildman–Crippen MR) is 104 cm³/mol. The molecule has 0 spiro atoms. The van der Waals surface area contributed by atoms with Crippen molar-refractivity contribution in [3.63, 3.8) is 0 Å². The maximum atomic E-state index is 14.7. The summed E-state index contributed by atoms with van der Waals surface area (Å²) in [5.41, 5.74) is 0.903. The molecule has 6 heteroatoms. The van der Waals surface area contributed by atoms with Gasteiger partial charge < -0.3 is 10.1 Å². The first kappa shape index (κ1) is 20.1. The normalized spacial score (nSPS) is 22.3. The molecule has 2 saturated heterocycles. The second-order valence-electron chi connectivity index (χ2n) is 8.79. The molecule has 2 aliphatic heterocycles. The minimum absolute atomic E-state index is 0.209. The minimum atomic E-state index is -0.553. The summed E-state index contributed by atoms with van der Waals surface area (Å²) in [5, 5.41) is 2.76. The summed E-state index contributed by atoms with van der Waals surface area (Å²) < 4.78 is 19.9. The number of nitrogens with zero attached hydrogens (tertiary/aromatic N) is 2. The Bertz CT molecular complexity index is 674. The molecule has 1 amide bonds. The molecule has 0 unspecified atom stereocenters. The average Bonchev–Trinajstić information content (AvgIpc) is 3.02. The van der Waals surface area contributed by atoms with Gasteiger partial charge in [-0.25, -0.2) is 9.18 Å². The predicted octanol–water partition coefficient (Wildman–Crippen LogP) is 3.69. The number of carbonyl (C=O) groups excluding carboxylic acids is 1. The molecule has 1 aromatic carbocycles. The third kappa shape index (κ3) is 5.42. The molecule has 0 aliphatic carbocycles. The van der Waals surface area contributed by atoms with Crippen molar-refractivity contribution in [3.8, 4) is 0 Å². The first-order chi connectivity index (χ1) is 12.7. The molecule has 0 bridgehead atoms. The zero-order chi connectivity index (χ0) is 19.6. The van der Waals surface area contributed by atoms with Crippen molar-refractivity contribution in [1.82, 2.24) is 15.1 Å². The van der Waals surface area contributed by atoms with E-state index in [1.165, 1.54) is 25.5 Å². The number of carbonyl (C=O) groups is 1. The molecule has 2 atom stereocenters. The van der Waals surface area contributed by atoms with Gasteiger partial charge in [0.05, 0.1) is 6.04 Å². The summed E-state index contributed by atoms with van der Waals surface area (Å²) in [6, 6.07) is 5.60. The molecular weight excluding hydrogens is 345 g/mol. The number of halogens is 1. The van der Waals surface area contributed by atoms with Gasteiger partial charge in [0.2, 0.25) is 0 Å². The molecule has 0 saturated carbocycles. The van der Waals surface area contributed by atoms with Gasteiger partial charge in [-0.1, -0.05) is 12.1 Å². The standard InChI is InChI=1S/C21H32FN3O2/c1-15(23-20(26)27-21(2,3)4)16-7-8-17(19(22)12-16)13-24-10-11-25-9-5-6-18(25)14-24/h7-8,12,15,18H,5-6,9-11,13-14H2,1-4H3,(H,23,26)/t15-,18-/m0/s1. The lowest BCUT2D eigenvalue weighted by Gasteiger charge is -2.37. The highest BCUT2D eigenvalue weighted by Crippen LogP contribution is 2.24. The highest BCUT2D eigenvalue weighted by Gasteiger charge is 2.30. The van der Waals surface area contributed by atoms with Gasteiger partial charge in [-0.15, -0.1) is 0 Å². The second kappa shape index (κ2) is 8.15. The van der Waals surface area contributed by atoms with Gasteiger partial charge in [-0.2, -0.15) is 0 Å². The largest absolute Gasteiger partial charge is 0.444 e. The van der Waals surface area contributed by atoms with Gasteiger partial charge >= 0.3 is 6.09 Å². The lowest BCUT2D eigenvalue weighted by Crippen LogP contribution is -2.49. The highest BCUT2D eigenvalue weighted by molar-refractivity contribution is 5.68. The summed E-state index contributed by atoms with van der Waals surface area (Å²) in [5.74, 6) is -0.209. The van der Waals surface area contributed by atoms with Crippen LogP contribution in [0.15, 0.2) is 18.2 Å². The van der Waals surface area contributed by atoms with Gasteiger partial charge in [-0.3, -0.25) is 9.80 Å². The Hall–Kier alpha value is -1.66. The van der Waals surface area contributed by atoms with E-state index >= 15 is 0 Å². The molecule has 2 heterocycles. The van der Waals surface area contributed by atoms with Crippen LogP contribution in [-0.2, 0) is 11.3 Å². The van der Waals surface area contributed by atoms with Crippen LogP contribution in [-0.4, -0.2) is 53.7 Å². The van der Waals surface area contributed by atoms with Gasteiger partial charge in [-0.05, 0) is 58.7 Å². The summed E-state index contributed by atoms with van der Waals surface area (Å²) >= 11 is 0. The molecule has 5 nitrogen and oxygen atoms in total. The van der Waals surface area contributed by atoms with Gasteiger partial charge in [0.1, 0.15) is 11.4 Å². The van der Waals surface area contributed by atoms with Crippen molar-refractivity contribution in [2.24, 2.45) is 0 Å². The Balaban J connectivity index is 1.57. The summed E-state index contributed by atoms with van der Waals surface area (Å²) in [7, 11) is 0. The molecule has 0 aromatic heterocycles. The van der Waals surface area contributed by atoms with Crippen LogP contribution in [0.25, 0.3) is 0 Å². The van der Waals surface area contributed by atoms with Crippen molar-refractivity contribution in [2.45, 2.75) is 64.8 Å². The molecule has 1 N–H and O–H groups in total. The minimum Gasteiger partial charge on any atom is -0.444 e. The Morgan fingerprint density at radius 1 is 1.33 bits per heavy atom. The number of hydrogen-bond acceptors (Lipinski definition) is 4. The number of alkyl carbamates (subject to hydrolysis) is 1. The fraction of sp³-hybridized carbons (Fsp3) is 0.667. The number of fused-ring (bicyclic) bond motifs is 1. The van der Waals surface area contributed by atoms with E-state index in [0.29, 0.717) is 12.6 Å². The van der Waals surface area contributed by atoms with E-state index in [1.54, 1.807) is 0 Å². The van der Waals surface area contributed by atoms with Gasteiger partial charge in [0.15, 0.2) is 0 Å². The summed E-state index contributed by atoms with van der Waals surface area (Å²) in [6.45, 7) is 12.2. The first-order valence-electron chi connectivity index (χ1n) is 9.95. The third-order valence-electron chi connectivity index (χ3n) is 5.38. The number of ether oxygens (including phenoxy) is 1. The van der Waals surface area contributed by atoms with Crippen molar-refractivity contribution >= 4 is 6.09 Å². The zero-order valence-electron chi connectivity index (χ0n) is 16.9. The van der Waals surface area contributed by atoms with E-state index in [9.17, 15) is 9.18 Å². The highest BCUT2D eigenvalue weighted by atomic mass is 19.1. The fourth-order valence-corrected chi connectivity index (χ4v) is 3.97. The molecule has 2 fully saturated rings. The molecule has 0 radical (unpaired) electrons. The average molecular weight is 378 g/mol. The monoisotopic (exact) mass is 377 g/mol. The summed E-state index contributed by atoms with van der Waals surface area (Å²) in [4.78, 5) is 16.8. The molecule has 2 aliphatic rings. The number of piperazine rings is 1. The third-order valence-corrected chi connectivity index (χ3v) is 5.38. The Morgan fingerprint density at radius 3 is 2.81 bits per heavy atom. The van der Waals surface area contributed by atoms with Crippen molar-refractivity contribution in [2.75, 3.05) is 26.2 Å². The van der Waals surface area contributed by atoms with Crippen LogP contribution >= 0.6 is 0 Å². The van der Waals surface area contributed by atoms with Crippen LogP contribution in [0.4, 0.5) is 9.18 Å². The van der Waals surface area contributed by atoms with Crippen LogP contribution in [0, 0.1) is 5.82 Å². The first-order valence-corrected chi connectivity index (χ1v) is 9.95. The Kier molecular flexibility index (Phi) is 6.06. The van der Waals surface area contributed by atoms with Crippen molar-refractivity contribution in [3.05, 3.63) is 35.1 Å². The van der Waals surface area contributed by atoms with Gasteiger partial charge in [0.25, 0.3) is 0 Å². The second-order valence-corrected chi connectivity index (χ2v) is 8.79. The number of nitrogens with one attached hydrogen (secondary N) is 1.